The molecule has 0 spiro atoms. The van der Waals surface area contributed by atoms with Crippen LogP contribution in [0.5, 0.6) is 0 Å². The number of rotatable bonds is 2. The molecule has 6 heteroatoms. The maximum Gasteiger partial charge on any atom is 0.270 e. The number of hydrogen-bond acceptors (Lipinski definition) is 4. The van der Waals surface area contributed by atoms with Gasteiger partial charge in [-0.1, -0.05) is 18.2 Å². The molecular weight excluding hydrogens is 282 g/mol. The number of hydrazone groups is 1. The first-order valence-corrected chi connectivity index (χ1v) is 7.51. The molecule has 2 aliphatic rings. The topological polar surface area (TPSA) is 62.2 Å². The predicted molar refractivity (Wildman–Crippen MR) is 82.6 cm³/mol. The molecule has 1 aromatic rings. The Morgan fingerprint density at radius 2 is 2.05 bits per heavy atom. The lowest BCUT2D eigenvalue weighted by atomic mass is 10.1. The van der Waals surface area contributed by atoms with E-state index in [1.165, 1.54) is 5.01 Å². The normalized spacial score (nSPS) is 22.5. The fourth-order valence-electron chi connectivity index (χ4n) is 2.66. The van der Waals surface area contributed by atoms with Gasteiger partial charge in [0.15, 0.2) is 0 Å². The molecule has 0 unspecified atom stereocenters. The number of benzene rings is 1. The minimum absolute atomic E-state index is 0.0359. The number of para-hydroxylation sites is 1. The van der Waals surface area contributed by atoms with Crippen molar-refractivity contribution in [2.24, 2.45) is 5.10 Å². The SMILES string of the molecule is C[C@@H]1CN(C(=O)C2=NN(c3ccccc3)C(=O)CC2)CCO1. The Hall–Kier alpha value is -2.21. The molecule has 0 aromatic heterocycles. The Morgan fingerprint density at radius 1 is 1.27 bits per heavy atom. The van der Waals surface area contributed by atoms with Gasteiger partial charge in [-0.15, -0.1) is 0 Å². The predicted octanol–water partition coefficient (Wildman–Crippen LogP) is 1.42. The Morgan fingerprint density at radius 3 is 2.77 bits per heavy atom. The Balaban J connectivity index is 1.81. The second kappa shape index (κ2) is 6.27. The van der Waals surface area contributed by atoms with E-state index >= 15 is 0 Å². The maximum atomic E-state index is 12.6. The number of hydrogen-bond donors (Lipinski definition) is 0. The highest BCUT2D eigenvalue weighted by Crippen LogP contribution is 2.20. The number of carbonyl (C=O) groups is 2. The molecule has 1 atom stereocenters. The molecule has 1 fully saturated rings. The minimum atomic E-state index is -0.0939. The van der Waals surface area contributed by atoms with Crippen molar-refractivity contribution in [2.45, 2.75) is 25.9 Å². The molecule has 116 valence electrons. The van der Waals surface area contributed by atoms with Crippen LogP contribution in [0.4, 0.5) is 5.69 Å². The highest BCUT2D eigenvalue weighted by Gasteiger charge is 2.30. The first kappa shape index (κ1) is 14.7. The van der Waals surface area contributed by atoms with E-state index in [2.05, 4.69) is 5.10 Å². The highest BCUT2D eigenvalue weighted by atomic mass is 16.5. The third-order valence-electron chi connectivity index (χ3n) is 3.81. The molecule has 6 nitrogen and oxygen atoms in total. The summed E-state index contributed by atoms with van der Waals surface area (Å²) in [5, 5.41) is 5.64. The van der Waals surface area contributed by atoms with Crippen molar-refractivity contribution in [3.05, 3.63) is 30.3 Å². The molecule has 3 rings (SSSR count). The fourth-order valence-corrected chi connectivity index (χ4v) is 2.66. The smallest absolute Gasteiger partial charge is 0.270 e. The molecular formula is C16H19N3O3. The van der Waals surface area contributed by atoms with Crippen LogP contribution in [0.25, 0.3) is 0 Å². The number of carbonyl (C=O) groups excluding carboxylic acids is 2. The lowest BCUT2D eigenvalue weighted by Crippen LogP contribution is -2.48. The third kappa shape index (κ3) is 3.01. The van der Waals surface area contributed by atoms with Gasteiger partial charge in [0.2, 0.25) is 5.91 Å². The standard InChI is InChI=1S/C16H19N3O3/c1-12-11-18(9-10-22-12)16(21)14-7-8-15(20)19(17-14)13-5-3-2-4-6-13/h2-6,12H,7-11H2,1H3/t12-/m1/s1. The van der Waals surface area contributed by atoms with E-state index in [9.17, 15) is 9.59 Å². The quantitative estimate of drug-likeness (QED) is 0.830. The number of morpholine rings is 1. The Labute approximate surface area is 129 Å². The van der Waals surface area contributed by atoms with Crippen molar-refractivity contribution in [3.8, 4) is 0 Å². The van der Waals surface area contributed by atoms with Gasteiger partial charge in [0, 0.05) is 25.9 Å². The first-order valence-electron chi connectivity index (χ1n) is 7.51. The average molecular weight is 301 g/mol. The zero-order chi connectivity index (χ0) is 15.5. The van der Waals surface area contributed by atoms with Crippen LogP contribution >= 0.6 is 0 Å². The molecule has 2 heterocycles. The van der Waals surface area contributed by atoms with Crippen LogP contribution in [0.3, 0.4) is 0 Å². The molecule has 0 saturated carbocycles. The van der Waals surface area contributed by atoms with E-state index in [-0.39, 0.29) is 17.9 Å². The molecule has 0 radical (unpaired) electrons. The van der Waals surface area contributed by atoms with E-state index in [0.717, 1.165) is 0 Å². The van der Waals surface area contributed by atoms with Crippen LogP contribution in [-0.4, -0.2) is 48.2 Å². The second-order valence-corrected chi connectivity index (χ2v) is 5.52. The van der Waals surface area contributed by atoms with E-state index in [0.29, 0.717) is 43.9 Å². The van der Waals surface area contributed by atoms with Gasteiger partial charge in [0.05, 0.1) is 18.4 Å². The van der Waals surface area contributed by atoms with Gasteiger partial charge in [-0.2, -0.15) is 5.10 Å². The van der Waals surface area contributed by atoms with Crippen LogP contribution in [0, 0.1) is 0 Å². The molecule has 2 aliphatic heterocycles. The summed E-state index contributed by atoms with van der Waals surface area (Å²) in [6, 6.07) is 9.19. The van der Waals surface area contributed by atoms with Crippen LogP contribution in [-0.2, 0) is 14.3 Å². The van der Waals surface area contributed by atoms with Gasteiger partial charge in [0.1, 0.15) is 5.71 Å². The van der Waals surface area contributed by atoms with Crippen LogP contribution in [0.2, 0.25) is 0 Å². The van der Waals surface area contributed by atoms with Crippen LogP contribution in [0.1, 0.15) is 19.8 Å². The van der Waals surface area contributed by atoms with Gasteiger partial charge >= 0.3 is 0 Å². The number of amides is 2. The summed E-state index contributed by atoms with van der Waals surface area (Å²) < 4.78 is 5.45. The molecule has 0 N–H and O–H groups in total. The van der Waals surface area contributed by atoms with E-state index in [1.54, 1.807) is 4.90 Å². The largest absolute Gasteiger partial charge is 0.375 e. The average Bonchev–Trinajstić information content (AvgIpc) is 2.55. The van der Waals surface area contributed by atoms with Crippen molar-refractivity contribution in [2.75, 3.05) is 24.7 Å². The number of anilines is 1. The molecule has 0 bridgehead atoms. The van der Waals surface area contributed by atoms with Crippen molar-refractivity contribution >= 4 is 23.2 Å². The van der Waals surface area contributed by atoms with Crippen molar-refractivity contribution < 1.29 is 14.3 Å². The zero-order valence-corrected chi connectivity index (χ0v) is 12.6. The summed E-state index contributed by atoms with van der Waals surface area (Å²) in [5.41, 5.74) is 1.13. The second-order valence-electron chi connectivity index (χ2n) is 5.52. The molecule has 1 aromatic carbocycles. The van der Waals surface area contributed by atoms with Gasteiger partial charge in [-0.25, -0.2) is 5.01 Å². The Kier molecular flexibility index (Phi) is 4.20. The monoisotopic (exact) mass is 301 g/mol. The van der Waals surface area contributed by atoms with Gasteiger partial charge < -0.3 is 9.64 Å². The molecule has 2 amide bonds. The fraction of sp³-hybridized carbons (Fsp3) is 0.438. The number of nitrogens with zero attached hydrogens (tertiary/aromatic N) is 3. The summed E-state index contributed by atoms with van der Waals surface area (Å²) in [7, 11) is 0. The lowest BCUT2D eigenvalue weighted by molar-refractivity contribution is -0.131. The van der Waals surface area contributed by atoms with Crippen molar-refractivity contribution in [1.29, 1.82) is 0 Å². The summed E-state index contributed by atoms with van der Waals surface area (Å²) in [4.78, 5) is 26.4. The first-order chi connectivity index (χ1) is 10.6. The van der Waals surface area contributed by atoms with Crippen LogP contribution in [0.15, 0.2) is 35.4 Å². The molecule has 0 aliphatic carbocycles. The van der Waals surface area contributed by atoms with E-state index < -0.39 is 0 Å². The highest BCUT2D eigenvalue weighted by molar-refractivity contribution is 6.40. The maximum absolute atomic E-state index is 12.6. The van der Waals surface area contributed by atoms with E-state index in [1.807, 2.05) is 37.3 Å². The summed E-state index contributed by atoms with van der Waals surface area (Å²) in [5.74, 6) is -0.179. The lowest BCUT2D eigenvalue weighted by Gasteiger charge is -2.32. The van der Waals surface area contributed by atoms with Gasteiger partial charge in [-0.05, 0) is 19.1 Å². The molecule has 1 saturated heterocycles. The Bertz CT molecular complexity index is 600. The molecule has 22 heavy (non-hydrogen) atoms. The summed E-state index contributed by atoms with van der Waals surface area (Å²) in [6.07, 6.45) is 0.736. The summed E-state index contributed by atoms with van der Waals surface area (Å²) >= 11 is 0. The number of ether oxygens (including phenoxy) is 1. The van der Waals surface area contributed by atoms with Crippen molar-refractivity contribution in [3.63, 3.8) is 0 Å². The van der Waals surface area contributed by atoms with E-state index in [4.69, 9.17) is 4.74 Å². The third-order valence-corrected chi connectivity index (χ3v) is 3.81. The summed E-state index contributed by atoms with van der Waals surface area (Å²) in [6.45, 7) is 3.63. The van der Waals surface area contributed by atoms with Crippen molar-refractivity contribution in [1.82, 2.24) is 4.90 Å². The zero-order valence-electron chi connectivity index (χ0n) is 12.6. The van der Waals surface area contributed by atoms with Gasteiger partial charge in [0.25, 0.3) is 5.91 Å². The van der Waals surface area contributed by atoms with Crippen LogP contribution < -0.4 is 5.01 Å². The van der Waals surface area contributed by atoms with Gasteiger partial charge in [-0.3, -0.25) is 9.59 Å². The minimum Gasteiger partial charge on any atom is -0.375 e.